The van der Waals surface area contributed by atoms with E-state index in [1.807, 2.05) is 7.05 Å². The summed E-state index contributed by atoms with van der Waals surface area (Å²) in [6, 6.07) is 4.23. The summed E-state index contributed by atoms with van der Waals surface area (Å²) in [6.45, 7) is 3.39. The van der Waals surface area contributed by atoms with E-state index in [2.05, 4.69) is 22.2 Å². The largest absolute Gasteiger partial charge is 0.320 e. The number of hydrogen-bond donors (Lipinski definition) is 2. The normalized spacial score (nSPS) is 16.1. The fourth-order valence-corrected chi connectivity index (χ4v) is 2.05. The average molecular weight is 290 g/mol. The summed E-state index contributed by atoms with van der Waals surface area (Å²) in [4.78, 5) is 14.3. The minimum atomic E-state index is -0.556. The summed E-state index contributed by atoms with van der Waals surface area (Å²) in [6.07, 6.45) is 0. The number of hydrogen-bond acceptors (Lipinski definition) is 4. The Bertz CT molecular complexity index is 571. The molecule has 0 saturated carbocycles. The van der Waals surface area contributed by atoms with E-state index in [0.29, 0.717) is 5.56 Å². The molecular formula is C15H19FN4O. The number of carbonyl (C=O) groups excluding carboxylic acids is 1. The first-order valence-corrected chi connectivity index (χ1v) is 6.83. The smallest absolute Gasteiger partial charge is 0.268 e. The van der Waals surface area contributed by atoms with Crippen LogP contribution in [0.4, 0.5) is 4.39 Å². The van der Waals surface area contributed by atoms with Gasteiger partial charge in [-0.15, -0.1) is 0 Å². The van der Waals surface area contributed by atoms with E-state index in [9.17, 15) is 9.18 Å². The van der Waals surface area contributed by atoms with Crippen molar-refractivity contribution in [2.24, 2.45) is 5.73 Å². The van der Waals surface area contributed by atoms with Gasteiger partial charge in [-0.25, -0.2) is 9.40 Å². The lowest BCUT2D eigenvalue weighted by atomic mass is 10.1. The number of amides is 1. The highest BCUT2D eigenvalue weighted by Gasteiger charge is 2.18. The van der Waals surface area contributed by atoms with Crippen molar-refractivity contribution in [3.63, 3.8) is 0 Å². The van der Waals surface area contributed by atoms with Crippen molar-refractivity contribution in [2.75, 3.05) is 39.8 Å². The fourth-order valence-electron chi connectivity index (χ4n) is 2.05. The molecule has 2 rings (SSSR count). The molecular weight excluding hydrogens is 271 g/mol. The molecule has 6 heteroatoms. The molecule has 0 atom stereocenters. The molecule has 1 aliphatic heterocycles. The van der Waals surface area contributed by atoms with Crippen LogP contribution in [0.25, 0.3) is 0 Å². The summed E-state index contributed by atoms with van der Waals surface area (Å²) >= 11 is 0. The molecule has 1 aromatic carbocycles. The molecule has 0 spiro atoms. The van der Waals surface area contributed by atoms with Crippen LogP contribution in [0, 0.1) is 17.7 Å². The summed E-state index contributed by atoms with van der Waals surface area (Å²) in [5.41, 5.74) is 8.61. The van der Waals surface area contributed by atoms with Crippen LogP contribution < -0.4 is 11.2 Å². The fraction of sp³-hybridized carbons (Fsp3) is 0.400. The zero-order valence-electron chi connectivity index (χ0n) is 12.0. The number of rotatable bonds is 2. The Morgan fingerprint density at radius 3 is 2.76 bits per heavy atom. The molecule has 1 aliphatic rings. The zero-order valence-corrected chi connectivity index (χ0v) is 12.0. The summed E-state index contributed by atoms with van der Waals surface area (Å²) < 4.78 is 13.8. The lowest BCUT2D eigenvalue weighted by molar-refractivity contribution is 0.0658. The van der Waals surface area contributed by atoms with Crippen molar-refractivity contribution < 1.29 is 9.18 Å². The van der Waals surface area contributed by atoms with Crippen LogP contribution in [-0.4, -0.2) is 55.6 Å². The van der Waals surface area contributed by atoms with Gasteiger partial charge < -0.3 is 10.6 Å². The highest BCUT2D eigenvalue weighted by molar-refractivity contribution is 5.94. The topological polar surface area (TPSA) is 61.6 Å². The maximum absolute atomic E-state index is 13.8. The Balaban J connectivity index is 2.07. The van der Waals surface area contributed by atoms with Crippen LogP contribution in [0.1, 0.15) is 15.9 Å². The van der Waals surface area contributed by atoms with Gasteiger partial charge in [0.15, 0.2) is 0 Å². The van der Waals surface area contributed by atoms with Crippen molar-refractivity contribution >= 4 is 5.91 Å². The average Bonchev–Trinajstić information content (AvgIpc) is 2.48. The van der Waals surface area contributed by atoms with E-state index in [4.69, 9.17) is 5.73 Å². The predicted molar refractivity (Wildman–Crippen MR) is 78.9 cm³/mol. The monoisotopic (exact) mass is 290 g/mol. The van der Waals surface area contributed by atoms with Crippen molar-refractivity contribution in [3.05, 3.63) is 35.1 Å². The second-order valence-corrected chi connectivity index (χ2v) is 4.93. The first-order valence-electron chi connectivity index (χ1n) is 6.83. The quantitative estimate of drug-likeness (QED) is 0.754. The van der Waals surface area contributed by atoms with Crippen LogP contribution >= 0.6 is 0 Å². The molecule has 1 aromatic rings. The molecule has 1 saturated heterocycles. The molecule has 1 amide bonds. The number of hydrazine groups is 1. The number of piperazine rings is 1. The number of nitrogens with two attached hydrogens (primary N) is 1. The van der Waals surface area contributed by atoms with Gasteiger partial charge in [-0.3, -0.25) is 10.2 Å². The molecule has 0 aliphatic carbocycles. The van der Waals surface area contributed by atoms with Crippen LogP contribution in [-0.2, 0) is 0 Å². The van der Waals surface area contributed by atoms with Gasteiger partial charge in [0, 0.05) is 31.7 Å². The van der Waals surface area contributed by atoms with Crippen LogP contribution in [0.5, 0.6) is 0 Å². The summed E-state index contributed by atoms with van der Waals surface area (Å²) in [7, 11) is 2.03. The van der Waals surface area contributed by atoms with Crippen LogP contribution in [0.3, 0.4) is 0 Å². The van der Waals surface area contributed by atoms with Gasteiger partial charge in [0.25, 0.3) is 5.91 Å². The third kappa shape index (κ3) is 4.26. The number of nitrogens with one attached hydrogen (secondary N) is 1. The molecule has 1 fully saturated rings. The molecule has 112 valence electrons. The van der Waals surface area contributed by atoms with Gasteiger partial charge >= 0.3 is 0 Å². The first-order chi connectivity index (χ1) is 10.1. The van der Waals surface area contributed by atoms with Crippen molar-refractivity contribution in [2.45, 2.75) is 0 Å². The molecule has 0 bridgehead atoms. The minimum Gasteiger partial charge on any atom is -0.320 e. The van der Waals surface area contributed by atoms with E-state index in [1.165, 1.54) is 18.2 Å². The Morgan fingerprint density at radius 2 is 2.10 bits per heavy atom. The van der Waals surface area contributed by atoms with E-state index in [0.717, 1.165) is 26.2 Å². The van der Waals surface area contributed by atoms with Crippen LogP contribution in [0.15, 0.2) is 18.2 Å². The number of carbonyl (C=O) groups is 1. The first kappa shape index (κ1) is 15.4. The van der Waals surface area contributed by atoms with E-state index in [1.54, 1.807) is 5.01 Å². The molecule has 1 heterocycles. The predicted octanol–water partition coefficient (Wildman–Crippen LogP) is 0.0281. The van der Waals surface area contributed by atoms with E-state index >= 15 is 0 Å². The highest BCUT2D eigenvalue weighted by atomic mass is 19.1. The number of likely N-dealkylation sites (N-methyl/N-ethyl adjacent to an activating group) is 1. The Hall–Kier alpha value is -1.94. The van der Waals surface area contributed by atoms with E-state index in [-0.39, 0.29) is 12.1 Å². The van der Waals surface area contributed by atoms with Gasteiger partial charge in [0.05, 0.1) is 12.1 Å². The second-order valence-electron chi connectivity index (χ2n) is 4.93. The minimum absolute atomic E-state index is 0.00208. The second kappa shape index (κ2) is 7.18. The zero-order chi connectivity index (χ0) is 15.2. The summed E-state index contributed by atoms with van der Waals surface area (Å²) in [5.74, 6) is 4.47. The number of nitrogens with zero attached hydrogens (tertiary/aromatic N) is 2. The number of benzene rings is 1. The lowest BCUT2D eigenvalue weighted by Crippen LogP contribution is -2.52. The molecule has 5 nitrogen and oxygen atoms in total. The molecule has 0 unspecified atom stereocenters. The third-order valence-electron chi connectivity index (χ3n) is 3.31. The maximum atomic E-state index is 13.8. The standard InChI is InChI=1S/C15H19FN4O/c1-19-7-9-20(10-8-19)18-15(21)13-11-12(3-2-6-17)4-5-14(13)16/h4-5,11H,6-10,17H2,1H3,(H,18,21). The lowest BCUT2D eigenvalue weighted by Gasteiger charge is -2.32. The van der Waals surface area contributed by atoms with Gasteiger partial charge in [-0.05, 0) is 25.2 Å². The SMILES string of the molecule is CN1CCN(NC(=O)c2cc(C#CCN)ccc2F)CC1. The van der Waals surface area contributed by atoms with Crippen molar-refractivity contribution in [3.8, 4) is 11.8 Å². The molecule has 0 radical (unpaired) electrons. The van der Waals surface area contributed by atoms with Gasteiger partial charge in [0.1, 0.15) is 5.82 Å². The highest BCUT2D eigenvalue weighted by Crippen LogP contribution is 2.10. The van der Waals surface area contributed by atoms with Gasteiger partial charge in [0.2, 0.25) is 0 Å². The Kier molecular flexibility index (Phi) is 5.28. The molecule has 3 N–H and O–H groups in total. The van der Waals surface area contributed by atoms with Gasteiger partial charge in [-0.2, -0.15) is 0 Å². The van der Waals surface area contributed by atoms with Crippen LogP contribution in [0.2, 0.25) is 0 Å². The Labute approximate surface area is 123 Å². The molecule has 21 heavy (non-hydrogen) atoms. The molecule has 0 aromatic heterocycles. The van der Waals surface area contributed by atoms with Gasteiger partial charge in [-0.1, -0.05) is 11.8 Å². The van der Waals surface area contributed by atoms with Crippen molar-refractivity contribution in [1.82, 2.24) is 15.3 Å². The number of halogens is 1. The summed E-state index contributed by atoms with van der Waals surface area (Å²) in [5, 5.41) is 1.81. The van der Waals surface area contributed by atoms with E-state index < -0.39 is 11.7 Å². The van der Waals surface area contributed by atoms with Crippen molar-refractivity contribution in [1.29, 1.82) is 0 Å². The Morgan fingerprint density at radius 1 is 1.38 bits per heavy atom. The third-order valence-corrected chi connectivity index (χ3v) is 3.31. The maximum Gasteiger partial charge on any atom is 0.268 e.